The molecular weight excluding hydrogens is 280 g/mol. The molecule has 0 spiro atoms. The van der Waals surface area contributed by atoms with Crippen molar-refractivity contribution >= 4 is 32.5 Å². The van der Waals surface area contributed by atoms with Crippen molar-refractivity contribution in [3.8, 4) is 0 Å². The summed E-state index contributed by atoms with van der Waals surface area (Å²) in [5, 5.41) is 15.2. The predicted molar refractivity (Wildman–Crippen MR) is 73.3 cm³/mol. The molecule has 0 aliphatic carbocycles. The minimum Gasteiger partial charge on any atom is -0.383 e. The number of hydrogen-bond donors (Lipinski definition) is 3. The van der Waals surface area contributed by atoms with Gasteiger partial charge in [-0.2, -0.15) is 5.10 Å². The van der Waals surface area contributed by atoms with Crippen molar-refractivity contribution in [1.82, 2.24) is 15.5 Å². The molecule has 17 heavy (non-hydrogen) atoms. The Kier molecular flexibility index (Phi) is 3.03. The lowest BCUT2D eigenvalue weighted by Gasteiger charge is -2.13. The Morgan fingerprint density at radius 1 is 1.47 bits per heavy atom. The summed E-state index contributed by atoms with van der Waals surface area (Å²) in [5.41, 5.74) is 2.19. The molecular formula is C12H15BrN4. The van der Waals surface area contributed by atoms with Crippen molar-refractivity contribution in [2.45, 2.75) is 18.9 Å². The summed E-state index contributed by atoms with van der Waals surface area (Å²) < 4.78 is 1.07. The van der Waals surface area contributed by atoms with Gasteiger partial charge in [0.25, 0.3) is 0 Å². The third-order valence-electron chi connectivity index (χ3n) is 3.22. The molecule has 1 aliphatic heterocycles. The third-order valence-corrected chi connectivity index (χ3v) is 3.68. The molecule has 1 aromatic carbocycles. The highest BCUT2D eigenvalue weighted by Gasteiger charge is 2.14. The molecule has 2 aromatic rings. The van der Waals surface area contributed by atoms with E-state index in [1.807, 2.05) is 12.3 Å². The Morgan fingerprint density at radius 2 is 2.41 bits per heavy atom. The van der Waals surface area contributed by atoms with Gasteiger partial charge in [-0.15, -0.1) is 0 Å². The average molecular weight is 295 g/mol. The summed E-state index contributed by atoms with van der Waals surface area (Å²) in [6.45, 7) is 2.11. The minimum atomic E-state index is 0.593. The molecule has 4 nitrogen and oxygen atoms in total. The van der Waals surface area contributed by atoms with Gasteiger partial charge in [0.2, 0.25) is 0 Å². The lowest BCUT2D eigenvalue weighted by atomic mass is 10.2. The van der Waals surface area contributed by atoms with E-state index in [-0.39, 0.29) is 0 Å². The Bertz CT molecular complexity index is 516. The summed E-state index contributed by atoms with van der Waals surface area (Å²) in [7, 11) is 0. The van der Waals surface area contributed by atoms with E-state index in [1.54, 1.807) is 0 Å². The second-order valence-corrected chi connectivity index (χ2v) is 5.37. The van der Waals surface area contributed by atoms with Crippen LogP contribution in [0.4, 0.5) is 5.69 Å². The number of nitrogens with zero attached hydrogens (tertiary/aromatic N) is 1. The molecule has 1 aromatic heterocycles. The fraction of sp³-hybridized carbons (Fsp3) is 0.417. The van der Waals surface area contributed by atoms with Crippen LogP contribution in [0, 0.1) is 0 Å². The van der Waals surface area contributed by atoms with E-state index in [0.717, 1.165) is 34.2 Å². The fourth-order valence-corrected chi connectivity index (χ4v) is 2.78. The summed E-state index contributed by atoms with van der Waals surface area (Å²) in [4.78, 5) is 0. The van der Waals surface area contributed by atoms with E-state index in [1.165, 1.54) is 12.8 Å². The number of rotatable bonds is 3. The lowest BCUT2D eigenvalue weighted by Crippen LogP contribution is -2.29. The number of aromatic nitrogens is 2. The molecule has 1 fully saturated rings. The second-order valence-electron chi connectivity index (χ2n) is 4.46. The maximum absolute atomic E-state index is 4.08. The standard InChI is InChI=1S/C12H15BrN4/c13-8-4-11(10-7-16-17-12(10)5-8)15-6-9-2-1-3-14-9/h4-5,7,9,14-15H,1-3,6H2,(H,16,17)/t9-/m0/s1. The number of fused-ring (bicyclic) bond motifs is 1. The number of aromatic amines is 1. The van der Waals surface area contributed by atoms with Gasteiger partial charge in [0.05, 0.1) is 11.7 Å². The van der Waals surface area contributed by atoms with Crippen LogP contribution < -0.4 is 10.6 Å². The van der Waals surface area contributed by atoms with Gasteiger partial charge in [0, 0.05) is 28.1 Å². The third kappa shape index (κ3) is 2.30. The predicted octanol–water partition coefficient (Wildman–Crippen LogP) is 2.49. The average Bonchev–Trinajstić information content (AvgIpc) is 2.95. The maximum Gasteiger partial charge on any atom is 0.0682 e. The van der Waals surface area contributed by atoms with Crippen LogP contribution in [0.1, 0.15) is 12.8 Å². The Morgan fingerprint density at radius 3 is 3.24 bits per heavy atom. The number of anilines is 1. The highest BCUT2D eigenvalue weighted by molar-refractivity contribution is 9.10. The van der Waals surface area contributed by atoms with E-state index in [0.29, 0.717) is 6.04 Å². The van der Waals surface area contributed by atoms with Crippen molar-refractivity contribution in [3.63, 3.8) is 0 Å². The van der Waals surface area contributed by atoms with Gasteiger partial charge in [-0.25, -0.2) is 0 Å². The molecule has 0 bridgehead atoms. The van der Waals surface area contributed by atoms with E-state index in [4.69, 9.17) is 0 Å². The van der Waals surface area contributed by atoms with Crippen LogP contribution in [0.2, 0.25) is 0 Å². The number of halogens is 1. The minimum absolute atomic E-state index is 0.593. The van der Waals surface area contributed by atoms with E-state index < -0.39 is 0 Å². The zero-order valence-electron chi connectivity index (χ0n) is 9.46. The van der Waals surface area contributed by atoms with Crippen molar-refractivity contribution in [1.29, 1.82) is 0 Å². The molecule has 1 atom stereocenters. The largest absolute Gasteiger partial charge is 0.383 e. The van der Waals surface area contributed by atoms with Crippen LogP contribution in [0.25, 0.3) is 10.9 Å². The first-order chi connectivity index (χ1) is 8.33. The number of nitrogens with one attached hydrogen (secondary N) is 3. The Hall–Kier alpha value is -1.07. The Balaban J connectivity index is 1.81. The lowest BCUT2D eigenvalue weighted by molar-refractivity contribution is 0.634. The molecule has 3 rings (SSSR count). The summed E-state index contributed by atoms with van der Waals surface area (Å²) in [6, 6.07) is 4.74. The van der Waals surface area contributed by atoms with Crippen LogP contribution in [-0.2, 0) is 0 Å². The van der Waals surface area contributed by atoms with E-state index in [2.05, 4.69) is 42.8 Å². The summed E-state index contributed by atoms with van der Waals surface area (Å²) >= 11 is 3.52. The first-order valence-electron chi connectivity index (χ1n) is 5.93. The fourth-order valence-electron chi connectivity index (χ4n) is 2.33. The molecule has 1 saturated heterocycles. The smallest absolute Gasteiger partial charge is 0.0682 e. The zero-order valence-corrected chi connectivity index (χ0v) is 11.0. The van der Waals surface area contributed by atoms with Gasteiger partial charge in [-0.05, 0) is 31.5 Å². The SMILES string of the molecule is Brc1cc(NC[C@@H]2CCCN2)c2cn[nH]c2c1. The van der Waals surface area contributed by atoms with Gasteiger partial charge in [-0.1, -0.05) is 15.9 Å². The van der Waals surface area contributed by atoms with Crippen molar-refractivity contribution < 1.29 is 0 Å². The number of benzene rings is 1. The molecule has 3 N–H and O–H groups in total. The molecule has 0 radical (unpaired) electrons. The van der Waals surface area contributed by atoms with Crippen LogP contribution in [-0.4, -0.2) is 29.3 Å². The molecule has 1 aliphatic rings. The van der Waals surface area contributed by atoms with Crippen LogP contribution in [0.15, 0.2) is 22.8 Å². The van der Waals surface area contributed by atoms with Gasteiger partial charge in [-0.3, -0.25) is 5.10 Å². The van der Waals surface area contributed by atoms with E-state index in [9.17, 15) is 0 Å². The second kappa shape index (κ2) is 4.66. The Labute approximate surface area is 108 Å². The van der Waals surface area contributed by atoms with Crippen LogP contribution in [0.3, 0.4) is 0 Å². The van der Waals surface area contributed by atoms with Crippen molar-refractivity contribution in [2.24, 2.45) is 0 Å². The highest BCUT2D eigenvalue weighted by Crippen LogP contribution is 2.26. The van der Waals surface area contributed by atoms with Crippen LogP contribution in [0.5, 0.6) is 0 Å². The first kappa shape index (κ1) is 11.0. The monoisotopic (exact) mass is 294 g/mol. The quantitative estimate of drug-likeness (QED) is 0.815. The number of H-pyrrole nitrogens is 1. The van der Waals surface area contributed by atoms with E-state index >= 15 is 0 Å². The summed E-state index contributed by atoms with van der Waals surface area (Å²) in [6.07, 6.45) is 4.41. The highest BCUT2D eigenvalue weighted by atomic mass is 79.9. The van der Waals surface area contributed by atoms with Gasteiger partial charge in [0.1, 0.15) is 0 Å². The molecule has 2 heterocycles. The van der Waals surface area contributed by atoms with Crippen LogP contribution >= 0.6 is 15.9 Å². The number of hydrogen-bond acceptors (Lipinski definition) is 3. The molecule has 0 saturated carbocycles. The normalized spacial score (nSPS) is 19.9. The zero-order chi connectivity index (χ0) is 11.7. The molecule has 0 amide bonds. The molecule has 90 valence electrons. The molecule has 0 unspecified atom stereocenters. The topological polar surface area (TPSA) is 52.7 Å². The maximum atomic E-state index is 4.08. The summed E-state index contributed by atoms with van der Waals surface area (Å²) in [5.74, 6) is 0. The van der Waals surface area contributed by atoms with Gasteiger partial charge in [0.15, 0.2) is 0 Å². The van der Waals surface area contributed by atoms with Crippen molar-refractivity contribution in [3.05, 3.63) is 22.8 Å². The molecule has 5 heteroatoms. The van der Waals surface area contributed by atoms with Crippen molar-refractivity contribution in [2.75, 3.05) is 18.4 Å². The first-order valence-corrected chi connectivity index (χ1v) is 6.72. The van der Waals surface area contributed by atoms with Gasteiger partial charge >= 0.3 is 0 Å². The van der Waals surface area contributed by atoms with Gasteiger partial charge < -0.3 is 10.6 Å².